The molecule has 0 fully saturated rings. The number of aliphatic hydroxyl groups excluding tert-OH is 1. The van der Waals surface area contributed by atoms with Gasteiger partial charge in [0, 0.05) is 12.4 Å². The smallest absolute Gasteiger partial charge is 0.0804 e. The third-order valence-electron chi connectivity index (χ3n) is 1.63. The van der Waals surface area contributed by atoms with Crippen molar-refractivity contribution in [3.63, 3.8) is 0 Å². The minimum absolute atomic E-state index is 0.339. The highest BCUT2D eigenvalue weighted by atomic mass is 16.3. The predicted molar refractivity (Wildman–Crippen MR) is 44.1 cm³/mol. The fourth-order valence-electron chi connectivity index (χ4n) is 1.01. The topological polar surface area (TPSA) is 33.1 Å². The molecule has 1 aromatic heterocycles. The Labute approximate surface area is 66.9 Å². The van der Waals surface area contributed by atoms with Crippen molar-refractivity contribution in [3.05, 3.63) is 30.1 Å². The molecule has 0 bridgehead atoms. The minimum atomic E-state index is -0.339. The normalized spacial score (nSPS) is 12.9. The molecular weight excluding hydrogens is 138 g/mol. The van der Waals surface area contributed by atoms with E-state index in [1.807, 2.05) is 12.1 Å². The van der Waals surface area contributed by atoms with Gasteiger partial charge in [-0.05, 0) is 18.1 Å². The van der Waals surface area contributed by atoms with Crippen LogP contribution in [0.15, 0.2) is 24.5 Å². The van der Waals surface area contributed by atoms with E-state index in [1.165, 1.54) is 0 Å². The van der Waals surface area contributed by atoms with Gasteiger partial charge in [-0.2, -0.15) is 0 Å². The Morgan fingerprint density at radius 2 is 2.45 bits per heavy atom. The van der Waals surface area contributed by atoms with E-state index in [0.29, 0.717) is 0 Å². The van der Waals surface area contributed by atoms with E-state index in [9.17, 15) is 5.11 Å². The lowest BCUT2D eigenvalue weighted by atomic mass is 10.1. The van der Waals surface area contributed by atoms with Crippen LogP contribution < -0.4 is 0 Å². The Hall–Kier alpha value is -0.890. The van der Waals surface area contributed by atoms with E-state index in [-0.39, 0.29) is 6.10 Å². The molecular formula is C9H13NO. The first-order valence-corrected chi connectivity index (χ1v) is 3.92. The molecule has 0 unspecified atom stereocenters. The molecule has 0 spiro atoms. The molecule has 0 aliphatic heterocycles. The van der Waals surface area contributed by atoms with Gasteiger partial charge in [0.05, 0.1) is 6.10 Å². The van der Waals surface area contributed by atoms with Crippen molar-refractivity contribution in [2.45, 2.75) is 25.9 Å². The summed E-state index contributed by atoms with van der Waals surface area (Å²) in [6, 6.07) is 3.74. The summed E-state index contributed by atoms with van der Waals surface area (Å²) in [5, 5.41) is 9.48. The highest BCUT2D eigenvalue weighted by Crippen LogP contribution is 2.15. The first kappa shape index (κ1) is 8.21. The fraction of sp³-hybridized carbons (Fsp3) is 0.444. The van der Waals surface area contributed by atoms with Crippen molar-refractivity contribution in [3.8, 4) is 0 Å². The second-order valence-electron chi connectivity index (χ2n) is 2.59. The minimum Gasteiger partial charge on any atom is -0.388 e. The van der Waals surface area contributed by atoms with Gasteiger partial charge in [-0.15, -0.1) is 0 Å². The zero-order valence-corrected chi connectivity index (χ0v) is 6.70. The van der Waals surface area contributed by atoms with E-state index in [2.05, 4.69) is 11.9 Å². The summed E-state index contributed by atoms with van der Waals surface area (Å²) in [5.41, 5.74) is 0.911. The molecule has 1 N–H and O–H groups in total. The summed E-state index contributed by atoms with van der Waals surface area (Å²) >= 11 is 0. The van der Waals surface area contributed by atoms with Gasteiger partial charge in [0.2, 0.25) is 0 Å². The molecule has 60 valence electrons. The number of nitrogens with zero attached hydrogens (tertiary/aromatic N) is 1. The van der Waals surface area contributed by atoms with Gasteiger partial charge in [-0.1, -0.05) is 19.4 Å². The van der Waals surface area contributed by atoms with E-state index in [4.69, 9.17) is 0 Å². The maximum atomic E-state index is 9.48. The summed E-state index contributed by atoms with van der Waals surface area (Å²) in [5.74, 6) is 0. The third kappa shape index (κ3) is 2.31. The van der Waals surface area contributed by atoms with Crippen LogP contribution >= 0.6 is 0 Å². The van der Waals surface area contributed by atoms with Crippen LogP contribution in [-0.4, -0.2) is 10.1 Å². The first-order chi connectivity index (χ1) is 5.34. The molecule has 0 saturated heterocycles. The summed E-state index contributed by atoms with van der Waals surface area (Å²) in [7, 11) is 0. The summed E-state index contributed by atoms with van der Waals surface area (Å²) in [6.07, 6.45) is 4.89. The Morgan fingerprint density at radius 1 is 1.64 bits per heavy atom. The first-order valence-electron chi connectivity index (χ1n) is 3.92. The average Bonchev–Trinajstić information content (AvgIpc) is 2.07. The number of hydrogen-bond donors (Lipinski definition) is 1. The van der Waals surface area contributed by atoms with E-state index in [0.717, 1.165) is 18.4 Å². The standard InChI is InChI=1S/C9H13NO/c1-2-4-9(11)8-5-3-6-10-7-8/h3,5-7,9,11H,2,4H2,1H3/t9-/m0/s1. The lowest BCUT2D eigenvalue weighted by Crippen LogP contribution is -1.96. The molecule has 1 atom stereocenters. The van der Waals surface area contributed by atoms with Gasteiger partial charge < -0.3 is 5.11 Å². The largest absolute Gasteiger partial charge is 0.388 e. The van der Waals surface area contributed by atoms with Crippen LogP contribution in [0.5, 0.6) is 0 Å². The number of pyridine rings is 1. The number of aliphatic hydroxyl groups is 1. The predicted octanol–water partition coefficient (Wildman–Crippen LogP) is 1.92. The van der Waals surface area contributed by atoms with Gasteiger partial charge in [-0.25, -0.2) is 0 Å². The highest BCUT2D eigenvalue weighted by molar-refractivity contribution is 5.11. The second-order valence-corrected chi connectivity index (χ2v) is 2.59. The quantitative estimate of drug-likeness (QED) is 0.715. The molecule has 0 amide bonds. The van der Waals surface area contributed by atoms with Crippen LogP contribution in [0.4, 0.5) is 0 Å². The van der Waals surface area contributed by atoms with E-state index >= 15 is 0 Å². The lowest BCUT2D eigenvalue weighted by molar-refractivity contribution is 0.166. The maximum absolute atomic E-state index is 9.48. The summed E-state index contributed by atoms with van der Waals surface area (Å²) < 4.78 is 0. The van der Waals surface area contributed by atoms with Crippen LogP contribution in [-0.2, 0) is 0 Å². The van der Waals surface area contributed by atoms with Gasteiger partial charge >= 0.3 is 0 Å². The molecule has 0 aliphatic carbocycles. The molecule has 0 saturated carbocycles. The fourth-order valence-corrected chi connectivity index (χ4v) is 1.01. The zero-order valence-electron chi connectivity index (χ0n) is 6.70. The number of hydrogen-bond acceptors (Lipinski definition) is 2. The zero-order chi connectivity index (χ0) is 8.10. The van der Waals surface area contributed by atoms with Crippen LogP contribution in [0, 0.1) is 0 Å². The maximum Gasteiger partial charge on any atom is 0.0804 e. The van der Waals surface area contributed by atoms with Gasteiger partial charge in [-0.3, -0.25) is 4.98 Å². The van der Waals surface area contributed by atoms with Crippen molar-refractivity contribution in [2.75, 3.05) is 0 Å². The van der Waals surface area contributed by atoms with Crippen molar-refractivity contribution < 1.29 is 5.11 Å². The number of aromatic nitrogens is 1. The van der Waals surface area contributed by atoms with E-state index < -0.39 is 0 Å². The second kappa shape index (κ2) is 4.09. The molecule has 1 aromatic rings. The lowest BCUT2D eigenvalue weighted by Gasteiger charge is -2.07. The van der Waals surface area contributed by atoms with Crippen molar-refractivity contribution in [1.82, 2.24) is 4.98 Å². The van der Waals surface area contributed by atoms with Gasteiger partial charge in [0.15, 0.2) is 0 Å². The third-order valence-corrected chi connectivity index (χ3v) is 1.63. The van der Waals surface area contributed by atoms with Crippen molar-refractivity contribution in [1.29, 1.82) is 0 Å². The van der Waals surface area contributed by atoms with Gasteiger partial charge in [0.1, 0.15) is 0 Å². The van der Waals surface area contributed by atoms with Crippen molar-refractivity contribution >= 4 is 0 Å². The summed E-state index contributed by atoms with van der Waals surface area (Å²) in [6.45, 7) is 2.06. The molecule has 0 aliphatic rings. The molecule has 0 aromatic carbocycles. The number of rotatable bonds is 3. The Bertz CT molecular complexity index is 198. The Kier molecular flexibility index (Phi) is 3.05. The monoisotopic (exact) mass is 151 g/mol. The summed E-state index contributed by atoms with van der Waals surface area (Å²) in [4.78, 5) is 3.93. The molecule has 2 heteroatoms. The molecule has 1 rings (SSSR count). The Morgan fingerprint density at radius 3 is 3.00 bits per heavy atom. The molecule has 0 radical (unpaired) electrons. The van der Waals surface area contributed by atoms with Crippen LogP contribution in [0.2, 0.25) is 0 Å². The highest BCUT2D eigenvalue weighted by Gasteiger charge is 2.03. The SMILES string of the molecule is CCC[C@H](O)c1cccnc1. The van der Waals surface area contributed by atoms with Crippen LogP contribution in [0.3, 0.4) is 0 Å². The van der Waals surface area contributed by atoms with E-state index in [1.54, 1.807) is 12.4 Å². The average molecular weight is 151 g/mol. The van der Waals surface area contributed by atoms with Crippen molar-refractivity contribution in [2.24, 2.45) is 0 Å². The molecule has 11 heavy (non-hydrogen) atoms. The van der Waals surface area contributed by atoms with Crippen LogP contribution in [0.1, 0.15) is 31.4 Å². The molecule has 2 nitrogen and oxygen atoms in total. The Balaban J connectivity index is 2.61. The van der Waals surface area contributed by atoms with Crippen LogP contribution in [0.25, 0.3) is 0 Å². The van der Waals surface area contributed by atoms with Gasteiger partial charge in [0.25, 0.3) is 0 Å². The molecule has 1 heterocycles.